The van der Waals surface area contributed by atoms with Crippen LogP contribution in [0.1, 0.15) is 32.7 Å². The molecule has 0 aliphatic rings. The van der Waals surface area contributed by atoms with Gasteiger partial charge in [0.15, 0.2) is 5.69 Å². The fraction of sp³-hybridized carbons (Fsp3) is 0.243. The van der Waals surface area contributed by atoms with Gasteiger partial charge < -0.3 is 39.3 Å². The smallest absolute Gasteiger partial charge is 0.298 e. The van der Waals surface area contributed by atoms with Gasteiger partial charge in [0, 0.05) is 26.2 Å². The molecule has 0 atom stereocenters. The maximum absolute atomic E-state index is 12.7. The van der Waals surface area contributed by atoms with Crippen molar-refractivity contribution < 1.29 is 28.2 Å². The molecule has 1 amide bonds. The summed E-state index contributed by atoms with van der Waals surface area (Å²) in [5.41, 5.74) is 9.88. The van der Waals surface area contributed by atoms with Crippen molar-refractivity contribution in [3.8, 4) is 23.0 Å². The maximum atomic E-state index is 12.7. The fourth-order valence-corrected chi connectivity index (χ4v) is 4.69. The van der Waals surface area contributed by atoms with E-state index < -0.39 is 0 Å². The van der Waals surface area contributed by atoms with Crippen LogP contribution >= 0.6 is 0 Å². The molecule has 246 valence electrons. The van der Waals surface area contributed by atoms with Gasteiger partial charge in [0.1, 0.15) is 29.3 Å². The van der Waals surface area contributed by atoms with E-state index in [4.69, 9.17) is 29.1 Å². The molecule has 0 fully saturated rings. The Bertz CT molecular complexity index is 1620. The zero-order valence-electron chi connectivity index (χ0n) is 27.3. The lowest BCUT2D eigenvalue weighted by atomic mass is 10.1. The topological polar surface area (TPSA) is 121 Å². The minimum atomic E-state index is -0.286. The number of hydrogen-bond acceptors (Lipinski definition) is 9. The van der Waals surface area contributed by atoms with Gasteiger partial charge in [-0.25, -0.2) is 0 Å². The fourth-order valence-electron chi connectivity index (χ4n) is 4.69. The van der Waals surface area contributed by atoms with Crippen LogP contribution in [0.15, 0.2) is 108 Å². The Labute approximate surface area is 276 Å². The highest BCUT2D eigenvalue weighted by atomic mass is 16.5. The van der Waals surface area contributed by atoms with Crippen LogP contribution < -0.4 is 34.9 Å². The Balaban J connectivity index is 0.000000427. The lowest BCUT2D eigenvalue weighted by molar-refractivity contribution is 0.0949. The van der Waals surface area contributed by atoms with Crippen LogP contribution in [0.4, 0.5) is 6.01 Å². The molecule has 0 saturated carbocycles. The van der Waals surface area contributed by atoms with Gasteiger partial charge in [-0.1, -0.05) is 48.5 Å². The Morgan fingerprint density at radius 2 is 1.21 bits per heavy atom. The van der Waals surface area contributed by atoms with Gasteiger partial charge in [-0.2, -0.15) is 4.98 Å². The van der Waals surface area contributed by atoms with Crippen LogP contribution in [0.5, 0.6) is 23.0 Å². The van der Waals surface area contributed by atoms with Crippen molar-refractivity contribution in [1.82, 2.24) is 10.3 Å². The Kier molecular flexibility index (Phi) is 13.1. The van der Waals surface area contributed by atoms with E-state index in [2.05, 4.69) is 10.3 Å². The van der Waals surface area contributed by atoms with Gasteiger partial charge in [0.05, 0.1) is 28.4 Å². The summed E-state index contributed by atoms with van der Waals surface area (Å²) in [6.45, 7) is 2.06. The average Bonchev–Trinajstić information content (AvgIpc) is 3.63. The number of nitrogens with two attached hydrogens (primary N) is 1. The molecular weight excluding hydrogens is 596 g/mol. The standard InChI is InChI=1S/C29H31N3O5.C8H11NO/c1-34-24-12-10-21(11-13-24)14-15-30-28(33)27-20-37-29(31-27)32(18-22-6-4-8-25(16-22)35-2)19-23-7-5-9-26(17-23)36-3;1-10-8-4-2-3-7(5-8)6-9/h4-13,16-17,20H,14-15,18-19H2,1-3H3,(H,30,33);2-5H,6,9H2,1H3. The number of aromatic nitrogens is 1. The Morgan fingerprint density at radius 1 is 0.702 bits per heavy atom. The molecule has 10 nitrogen and oxygen atoms in total. The van der Waals surface area contributed by atoms with Crippen molar-refractivity contribution in [1.29, 1.82) is 0 Å². The predicted molar refractivity (Wildman–Crippen MR) is 182 cm³/mol. The molecule has 1 aromatic heterocycles. The minimum Gasteiger partial charge on any atom is -0.497 e. The quantitative estimate of drug-likeness (QED) is 0.150. The molecule has 0 radical (unpaired) electrons. The van der Waals surface area contributed by atoms with E-state index in [1.165, 1.54) is 6.26 Å². The molecule has 0 saturated heterocycles. The molecule has 47 heavy (non-hydrogen) atoms. The van der Waals surface area contributed by atoms with Crippen LogP contribution in [0.2, 0.25) is 0 Å². The number of amides is 1. The summed E-state index contributed by atoms with van der Waals surface area (Å²) in [4.78, 5) is 19.2. The van der Waals surface area contributed by atoms with Crippen molar-refractivity contribution in [2.24, 2.45) is 5.73 Å². The summed E-state index contributed by atoms with van der Waals surface area (Å²) in [6.07, 6.45) is 2.08. The Morgan fingerprint density at radius 3 is 1.72 bits per heavy atom. The number of nitrogens with zero attached hydrogens (tertiary/aromatic N) is 2. The third kappa shape index (κ3) is 10.5. The second-order valence-electron chi connectivity index (χ2n) is 10.5. The summed E-state index contributed by atoms with van der Waals surface area (Å²) in [5.74, 6) is 2.91. The highest BCUT2D eigenvalue weighted by Gasteiger charge is 2.18. The zero-order chi connectivity index (χ0) is 33.4. The van der Waals surface area contributed by atoms with Gasteiger partial charge in [0.2, 0.25) is 0 Å². The summed E-state index contributed by atoms with van der Waals surface area (Å²) < 4.78 is 26.7. The number of ether oxygens (including phenoxy) is 4. The summed E-state index contributed by atoms with van der Waals surface area (Å²) in [7, 11) is 6.56. The van der Waals surface area contributed by atoms with Crippen molar-refractivity contribution in [2.45, 2.75) is 26.1 Å². The number of hydrogen-bond donors (Lipinski definition) is 2. The van der Waals surface area contributed by atoms with Crippen LogP contribution in [-0.4, -0.2) is 45.9 Å². The van der Waals surface area contributed by atoms with Crippen LogP contribution in [-0.2, 0) is 26.1 Å². The molecule has 0 unspecified atom stereocenters. The second-order valence-corrected chi connectivity index (χ2v) is 10.5. The van der Waals surface area contributed by atoms with Crippen molar-refractivity contribution in [3.05, 3.63) is 131 Å². The first-order chi connectivity index (χ1) is 22.9. The first-order valence-corrected chi connectivity index (χ1v) is 15.1. The molecule has 5 rings (SSSR count). The molecule has 0 spiro atoms. The number of carbonyl (C=O) groups excluding carboxylic acids is 1. The van der Waals surface area contributed by atoms with E-state index in [-0.39, 0.29) is 11.6 Å². The summed E-state index contributed by atoms with van der Waals surface area (Å²) in [5, 5.41) is 2.91. The normalized spacial score (nSPS) is 10.3. The lowest BCUT2D eigenvalue weighted by Crippen LogP contribution is -2.26. The summed E-state index contributed by atoms with van der Waals surface area (Å²) in [6, 6.07) is 31.5. The number of carbonyl (C=O) groups is 1. The van der Waals surface area contributed by atoms with Gasteiger partial charge in [-0.3, -0.25) is 4.79 Å². The number of benzene rings is 4. The predicted octanol–water partition coefficient (Wildman–Crippen LogP) is 6.03. The van der Waals surface area contributed by atoms with Crippen LogP contribution in [0.25, 0.3) is 0 Å². The molecule has 10 heteroatoms. The molecule has 1 heterocycles. The van der Waals surface area contributed by atoms with E-state index in [9.17, 15) is 4.79 Å². The van der Waals surface area contributed by atoms with E-state index in [0.717, 1.165) is 45.3 Å². The van der Waals surface area contributed by atoms with E-state index in [1.54, 1.807) is 28.4 Å². The van der Waals surface area contributed by atoms with Crippen molar-refractivity contribution in [3.63, 3.8) is 0 Å². The molecule has 0 bridgehead atoms. The Hall–Kier alpha value is -5.48. The van der Waals surface area contributed by atoms with Crippen LogP contribution in [0.3, 0.4) is 0 Å². The molecule has 5 aromatic rings. The second kappa shape index (κ2) is 17.9. The van der Waals surface area contributed by atoms with Crippen molar-refractivity contribution >= 4 is 11.9 Å². The lowest BCUT2D eigenvalue weighted by Gasteiger charge is -2.21. The molecule has 0 aliphatic heterocycles. The number of oxazole rings is 1. The number of nitrogens with one attached hydrogen (secondary N) is 1. The third-order valence-corrected chi connectivity index (χ3v) is 7.24. The first-order valence-electron chi connectivity index (χ1n) is 15.1. The molecule has 3 N–H and O–H groups in total. The van der Waals surface area contributed by atoms with E-state index in [1.807, 2.05) is 102 Å². The van der Waals surface area contributed by atoms with Gasteiger partial charge in [-0.15, -0.1) is 0 Å². The minimum absolute atomic E-state index is 0.228. The maximum Gasteiger partial charge on any atom is 0.298 e. The van der Waals surface area contributed by atoms with Crippen molar-refractivity contribution in [2.75, 3.05) is 39.9 Å². The van der Waals surface area contributed by atoms with E-state index >= 15 is 0 Å². The highest BCUT2D eigenvalue weighted by Crippen LogP contribution is 2.23. The SMILES string of the molecule is COc1ccc(CCNC(=O)c2coc(N(Cc3cccc(OC)c3)Cc3cccc(OC)c3)n2)cc1.COc1cccc(CN)c1. The number of anilines is 1. The number of methoxy groups -OCH3 is 4. The molecule has 0 aliphatic carbocycles. The molecular formula is C37H42N4O6. The monoisotopic (exact) mass is 638 g/mol. The van der Waals surface area contributed by atoms with Crippen LogP contribution in [0, 0.1) is 0 Å². The average molecular weight is 639 g/mol. The highest BCUT2D eigenvalue weighted by molar-refractivity contribution is 5.92. The largest absolute Gasteiger partial charge is 0.497 e. The zero-order valence-corrected chi connectivity index (χ0v) is 27.3. The van der Waals surface area contributed by atoms with E-state index in [0.29, 0.717) is 38.6 Å². The first kappa shape index (κ1) is 34.4. The van der Waals surface area contributed by atoms with Gasteiger partial charge >= 0.3 is 0 Å². The third-order valence-electron chi connectivity index (χ3n) is 7.24. The summed E-state index contributed by atoms with van der Waals surface area (Å²) >= 11 is 0. The van der Waals surface area contributed by atoms with Gasteiger partial charge in [0.25, 0.3) is 11.9 Å². The van der Waals surface area contributed by atoms with Gasteiger partial charge in [-0.05, 0) is 77.2 Å². The number of rotatable bonds is 14. The molecule has 4 aromatic carbocycles.